The number of carbonyl (C=O) groups is 2. The van der Waals surface area contributed by atoms with E-state index in [4.69, 9.17) is 40.2 Å². The van der Waals surface area contributed by atoms with Crippen LogP contribution in [0.1, 0.15) is 21.6 Å². The predicted molar refractivity (Wildman–Crippen MR) is 132 cm³/mol. The van der Waals surface area contributed by atoms with Gasteiger partial charge in [0.15, 0.2) is 5.78 Å². The molecule has 162 valence electrons. The molecule has 2 N–H and O–H groups in total. The van der Waals surface area contributed by atoms with E-state index in [0.717, 1.165) is 5.52 Å². The molecule has 0 fully saturated rings. The number of hydrogen-bond donors (Lipinski definition) is 2. The van der Waals surface area contributed by atoms with Crippen molar-refractivity contribution < 1.29 is 14.3 Å². The van der Waals surface area contributed by atoms with Crippen molar-refractivity contribution in [2.24, 2.45) is 0 Å². The molecule has 1 atom stereocenters. The number of carbonyl (C=O) groups excluding carboxylic acids is 2. The quantitative estimate of drug-likeness (QED) is 0.352. The Labute approximate surface area is 200 Å². The lowest BCUT2D eigenvalue weighted by Gasteiger charge is -2.15. The van der Waals surface area contributed by atoms with Gasteiger partial charge in [-0.05, 0) is 49.4 Å². The Morgan fingerprint density at radius 2 is 1.84 bits per heavy atom. The summed E-state index contributed by atoms with van der Waals surface area (Å²) in [6.45, 7) is 1.81. The van der Waals surface area contributed by atoms with Gasteiger partial charge in [-0.1, -0.05) is 47.6 Å². The third-order valence-electron chi connectivity index (χ3n) is 5.21. The maximum atomic E-state index is 13.3. The summed E-state index contributed by atoms with van der Waals surface area (Å²) >= 11 is 17.8. The van der Waals surface area contributed by atoms with Crippen molar-refractivity contribution >= 4 is 68.6 Å². The summed E-state index contributed by atoms with van der Waals surface area (Å²) in [5, 5.41) is 4.08. The third-order valence-corrected chi connectivity index (χ3v) is 6.19. The average Bonchev–Trinajstić information content (AvgIpc) is 3.08. The van der Waals surface area contributed by atoms with Gasteiger partial charge in [0.2, 0.25) is 0 Å². The Bertz CT molecular complexity index is 1320. The smallest absolute Gasteiger partial charge is 0.255 e. The molecule has 2 aromatic carbocycles. The molecule has 1 amide bonds. The first kappa shape index (κ1) is 22.4. The van der Waals surface area contributed by atoms with Gasteiger partial charge in [0, 0.05) is 39.8 Å². The lowest BCUT2D eigenvalue weighted by atomic mass is 10.00. The van der Waals surface area contributed by atoms with Crippen LogP contribution in [0.4, 0.5) is 5.69 Å². The van der Waals surface area contributed by atoms with Crippen molar-refractivity contribution in [1.82, 2.24) is 4.98 Å². The van der Waals surface area contributed by atoms with E-state index >= 15 is 0 Å². The van der Waals surface area contributed by atoms with E-state index in [1.807, 2.05) is 0 Å². The number of benzene rings is 2. The number of methoxy groups -OCH3 is 1. The first-order valence-electron chi connectivity index (χ1n) is 9.69. The second-order valence-corrected chi connectivity index (χ2v) is 8.57. The highest BCUT2D eigenvalue weighted by molar-refractivity contribution is 7.80. The number of aromatic amines is 1. The number of fused-ring (bicyclic) bond motifs is 1. The summed E-state index contributed by atoms with van der Waals surface area (Å²) in [5.41, 5.74) is 3.09. The largest absolute Gasteiger partial charge is 0.372 e. The molecule has 32 heavy (non-hydrogen) atoms. The molecular formula is C24H18Cl2N2O3S. The maximum Gasteiger partial charge on any atom is 0.255 e. The number of nitrogens with one attached hydrogen (secondary N) is 2. The normalized spacial score (nSPS) is 15.7. The fourth-order valence-electron chi connectivity index (χ4n) is 3.65. The number of aryl methyl sites for hydroxylation is 1. The molecule has 1 aromatic heterocycles. The van der Waals surface area contributed by atoms with Gasteiger partial charge < -0.3 is 15.0 Å². The second-order valence-electron chi connectivity index (χ2n) is 7.28. The minimum atomic E-state index is -0.314. The third kappa shape index (κ3) is 4.14. The van der Waals surface area contributed by atoms with Gasteiger partial charge in [0.05, 0.1) is 21.2 Å². The van der Waals surface area contributed by atoms with Crippen LogP contribution in [0.5, 0.6) is 0 Å². The number of halogens is 2. The average molecular weight is 485 g/mol. The molecule has 1 aliphatic carbocycles. The van der Waals surface area contributed by atoms with E-state index in [0.29, 0.717) is 32.8 Å². The lowest BCUT2D eigenvalue weighted by Crippen LogP contribution is -2.23. The lowest BCUT2D eigenvalue weighted by molar-refractivity contribution is -0.112. The van der Waals surface area contributed by atoms with Crippen LogP contribution in [0.15, 0.2) is 60.2 Å². The zero-order valence-electron chi connectivity index (χ0n) is 17.2. The standard InChI is InChI=1S/C24H18Cl2N2O3S/c1-12-21(23(29)22-16(25)4-3-5-17(22)26)15-11-14(7-8-18(15)27-12)28-24(30)13-6-9-19(31-2)20(32)10-13/h3-11,19,27H,1-2H3,(H,28,30). The highest BCUT2D eigenvalue weighted by atomic mass is 35.5. The van der Waals surface area contributed by atoms with Crippen LogP contribution < -0.4 is 5.32 Å². The molecular weight excluding hydrogens is 467 g/mol. The van der Waals surface area contributed by atoms with Crippen LogP contribution in [0.2, 0.25) is 10.0 Å². The van der Waals surface area contributed by atoms with E-state index in [1.165, 1.54) is 0 Å². The zero-order chi connectivity index (χ0) is 23.0. The number of aromatic nitrogens is 1. The van der Waals surface area contributed by atoms with Crippen molar-refractivity contribution in [3.63, 3.8) is 0 Å². The first-order valence-corrected chi connectivity index (χ1v) is 10.9. The summed E-state index contributed by atoms with van der Waals surface area (Å²) < 4.78 is 5.23. The molecule has 1 unspecified atom stereocenters. The summed E-state index contributed by atoms with van der Waals surface area (Å²) in [4.78, 5) is 29.8. The fourth-order valence-corrected chi connectivity index (χ4v) is 4.52. The molecule has 8 heteroatoms. The zero-order valence-corrected chi connectivity index (χ0v) is 19.5. The van der Waals surface area contributed by atoms with Gasteiger partial charge in [0.25, 0.3) is 5.91 Å². The first-order chi connectivity index (χ1) is 15.3. The van der Waals surface area contributed by atoms with Crippen LogP contribution in [-0.4, -0.2) is 34.8 Å². The molecule has 1 heterocycles. The molecule has 0 saturated carbocycles. The highest BCUT2D eigenvalue weighted by Gasteiger charge is 2.23. The number of ketones is 1. The molecule has 1 aliphatic rings. The number of ether oxygens (including phenoxy) is 1. The van der Waals surface area contributed by atoms with Gasteiger partial charge in [-0.2, -0.15) is 0 Å². The Hall–Kier alpha value is -2.77. The molecule has 0 spiro atoms. The summed E-state index contributed by atoms with van der Waals surface area (Å²) in [6.07, 6.45) is 4.71. The van der Waals surface area contributed by atoms with Crippen molar-refractivity contribution in [2.45, 2.75) is 13.0 Å². The Morgan fingerprint density at radius 3 is 2.50 bits per heavy atom. The highest BCUT2D eigenvalue weighted by Crippen LogP contribution is 2.32. The van der Waals surface area contributed by atoms with Gasteiger partial charge in [0.1, 0.15) is 6.10 Å². The van der Waals surface area contributed by atoms with Crippen molar-refractivity contribution in [3.8, 4) is 0 Å². The predicted octanol–water partition coefficient (Wildman–Crippen LogP) is 5.83. The van der Waals surface area contributed by atoms with E-state index in [2.05, 4.69) is 10.3 Å². The monoisotopic (exact) mass is 484 g/mol. The van der Waals surface area contributed by atoms with Crippen LogP contribution in [0.25, 0.3) is 10.9 Å². The van der Waals surface area contributed by atoms with E-state index < -0.39 is 0 Å². The van der Waals surface area contributed by atoms with Gasteiger partial charge in [-0.25, -0.2) is 0 Å². The minimum absolute atomic E-state index is 0.244. The Balaban J connectivity index is 1.68. The molecule has 3 aromatic rings. The van der Waals surface area contributed by atoms with Crippen LogP contribution in [0.3, 0.4) is 0 Å². The molecule has 0 saturated heterocycles. The molecule has 0 aliphatic heterocycles. The maximum absolute atomic E-state index is 13.3. The number of hydrogen-bond acceptors (Lipinski definition) is 4. The summed E-state index contributed by atoms with van der Waals surface area (Å²) in [7, 11) is 1.56. The van der Waals surface area contributed by atoms with Gasteiger partial charge in [-0.3, -0.25) is 9.59 Å². The number of anilines is 1. The van der Waals surface area contributed by atoms with Crippen molar-refractivity contribution in [3.05, 3.63) is 87.1 Å². The number of thiocarbonyl (C=S) groups is 1. The topological polar surface area (TPSA) is 71.2 Å². The Kier molecular flexibility index (Phi) is 6.31. The van der Waals surface area contributed by atoms with Gasteiger partial charge in [-0.15, -0.1) is 0 Å². The number of amides is 1. The minimum Gasteiger partial charge on any atom is -0.372 e. The van der Waals surface area contributed by atoms with Crippen LogP contribution >= 0.6 is 35.4 Å². The van der Waals surface area contributed by atoms with Crippen molar-refractivity contribution in [1.29, 1.82) is 0 Å². The van der Waals surface area contributed by atoms with Crippen molar-refractivity contribution in [2.75, 3.05) is 12.4 Å². The summed E-state index contributed by atoms with van der Waals surface area (Å²) in [5.74, 6) is -0.603. The van der Waals surface area contributed by atoms with E-state index in [1.54, 1.807) is 68.7 Å². The summed E-state index contributed by atoms with van der Waals surface area (Å²) in [6, 6.07) is 10.3. The molecule has 4 rings (SSSR count). The van der Waals surface area contributed by atoms with Crippen LogP contribution in [0, 0.1) is 6.92 Å². The SMILES string of the molecule is COC1C=CC(C(=O)Nc2ccc3[nH]c(C)c(C(=O)c4c(Cl)cccc4Cl)c3c2)=CC1=S. The second kappa shape index (κ2) is 9.00. The van der Waals surface area contributed by atoms with Gasteiger partial charge >= 0.3 is 0 Å². The molecule has 0 bridgehead atoms. The Morgan fingerprint density at radius 1 is 1.12 bits per heavy atom. The molecule has 5 nitrogen and oxygen atoms in total. The number of H-pyrrole nitrogens is 1. The van der Waals surface area contributed by atoms with E-state index in [9.17, 15) is 9.59 Å². The molecule has 0 radical (unpaired) electrons. The fraction of sp³-hybridized carbons (Fsp3) is 0.125. The number of rotatable bonds is 5. The van der Waals surface area contributed by atoms with Crippen LogP contribution in [-0.2, 0) is 9.53 Å². The van der Waals surface area contributed by atoms with E-state index in [-0.39, 0.29) is 33.4 Å².